The molecule has 7 heteroatoms. The van der Waals surface area contributed by atoms with Crippen molar-refractivity contribution in [3.05, 3.63) is 126 Å². The molecule has 4 aromatic carbocycles. The predicted octanol–water partition coefficient (Wildman–Crippen LogP) is 3.82. The van der Waals surface area contributed by atoms with Crippen molar-refractivity contribution in [2.45, 2.75) is 38.5 Å². The quantitative estimate of drug-likeness (QED) is 0.287. The summed E-state index contributed by atoms with van der Waals surface area (Å²) >= 11 is 0. The van der Waals surface area contributed by atoms with E-state index in [-0.39, 0.29) is 0 Å². The van der Waals surface area contributed by atoms with Crippen molar-refractivity contribution in [3.63, 3.8) is 0 Å². The second-order valence-corrected chi connectivity index (χ2v) is 11.6. The van der Waals surface area contributed by atoms with E-state index in [0.717, 1.165) is 51.5 Å². The number of hydrogen-bond acceptors (Lipinski definition) is 5. The Morgan fingerprint density at radius 3 is 1.17 bits per heavy atom. The Labute approximate surface area is 278 Å². The number of piperidine rings is 2. The first kappa shape index (κ1) is 34.9. The fourth-order valence-corrected chi connectivity index (χ4v) is 5.48. The van der Waals surface area contributed by atoms with Gasteiger partial charge in [-0.05, 0) is 109 Å². The first-order chi connectivity index (χ1) is 23.0. The van der Waals surface area contributed by atoms with Crippen molar-refractivity contribution in [3.8, 4) is 11.1 Å². The molecule has 2 fully saturated rings. The number of nitrogens with zero attached hydrogens (tertiary/aromatic N) is 1. The number of anilines is 3. The molecule has 0 spiro atoms. The average Bonchev–Trinajstić information content (AvgIpc) is 3.14. The molecule has 7 nitrogen and oxygen atoms in total. The van der Waals surface area contributed by atoms with Gasteiger partial charge in [0.25, 0.3) is 0 Å². The molecule has 2 aliphatic heterocycles. The first-order valence-corrected chi connectivity index (χ1v) is 16.6. The Balaban J connectivity index is 0.000000346. The summed E-state index contributed by atoms with van der Waals surface area (Å²) < 4.78 is 0. The second kappa shape index (κ2) is 19.5. The van der Waals surface area contributed by atoms with Gasteiger partial charge in [0.15, 0.2) is 0 Å². The zero-order valence-corrected chi connectivity index (χ0v) is 26.9. The third kappa shape index (κ3) is 12.4. The molecular weight excluding hydrogens is 586 g/mol. The Bertz CT molecular complexity index is 1450. The summed E-state index contributed by atoms with van der Waals surface area (Å²) in [5.41, 5.74) is 6.38. The number of quaternary nitrogens is 2. The third-order valence-corrected chi connectivity index (χ3v) is 7.99. The van der Waals surface area contributed by atoms with Gasteiger partial charge in [-0.25, -0.2) is 0 Å². The predicted molar refractivity (Wildman–Crippen MR) is 186 cm³/mol. The van der Waals surface area contributed by atoms with Crippen LogP contribution in [0.5, 0.6) is 0 Å². The van der Waals surface area contributed by atoms with Gasteiger partial charge in [-0.2, -0.15) is 0 Å². The van der Waals surface area contributed by atoms with Gasteiger partial charge >= 0.3 is 0 Å². The lowest BCUT2D eigenvalue weighted by Crippen LogP contribution is -2.85. The van der Waals surface area contributed by atoms with Crippen molar-refractivity contribution < 1.29 is 30.4 Å². The fraction of sp³-hybridized carbons (Fsp3) is 0.250. The van der Waals surface area contributed by atoms with Crippen LogP contribution in [0.2, 0.25) is 0 Å². The van der Waals surface area contributed by atoms with Gasteiger partial charge in [0.1, 0.15) is 0 Å². The molecule has 2 aliphatic rings. The van der Waals surface area contributed by atoms with E-state index in [4.69, 9.17) is 0 Å². The molecule has 0 aliphatic carbocycles. The molecule has 0 bridgehead atoms. The highest BCUT2D eigenvalue weighted by Gasteiger charge is 2.13. The van der Waals surface area contributed by atoms with Crippen LogP contribution < -0.4 is 25.7 Å². The van der Waals surface area contributed by atoms with Crippen LogP contribution in [-0.4, -0.2) is 38.1 Å². The summed E-state index contributed by atoms with van der Waals surface area (Å²) in [6, 6.07) is 33.3. The maximum atomic E-state index is 10.7. The number of nitrogens with two attached hydrogens (primary N) is 2. The minimum Gasteiger partial charge on any atom is -0.545 e. The Morgan fingerprint density at radius 1 is 0.489 bits per heavy atom. The fourth-order valence-electron chi connectivity index (χ4n) is 5.48. The van der Waals surface area contributed by atoms with E-state index >= 15 is 0 Å². The molecule has 2 saturated heterocycles. The van der Waals surface area contributed by atoms with E-state index in [1.807, 2.05) is 78.9 Å². The van der Waals surface area contributed by atoms with Gasteiger partial charge < -0.3 is 35.3 Å². The van der Waals surface area contributed by atoms with Crippen LogP contribution in [-0.2, 0) is 9.59 Å². The number of hydrogen-bond donors (Lipinski definition) is 2. The summed E-state index contributed by atoms with van der Waals surface area (Å²) in [6.07, 6.45) is 13.7. The van der Waals surface area contributed by atoms with Gasteiger partial charge in [-0.1, -0.05) is 78.9 Å². The van der Waals surface area contributed by atoms with Crippen LogP contribution in [0.3, 0.4) is 0 Å². The lowest BCUT2D eigenvalue weighted by atomic mass is 10.0. The van der Waals surface area contributed by atoms with E-state index in [9.17, 15) is 19.8 Å². The molecule has 0 atom stereocenters. The van der Waals surface area contributed by atoms with Crippen LogP contribution in [0.1, 0.15) is 49.7 Å². The molecule has 0 saturated carbocycles. The number of aliphatic carboxylic acids is 2. The van der Waals surface area contributed by atoms with Gasteiger partial charge in [-0.3, -0.25) is 0 Å². The lowest BCUT2D eigenvalue weighted by molar-refractivity contribution is -0.662. The molecule has 4 N–H and O–H groups in total. The van der Waals surface area contributed by atoms with E-state index in [0.29, 0.717) is 0 Å². The summed E-state index contributed by atoms with van der Waals surface area (Å²) in [6.45, 7) is 5.50. The number of carboxylic acid groups (broad SMARTS) is 2. The van der Waals surface area contributed by atoms with E-state index in [2.05, 4.69) is 39.8 Å². The van der Waals surface area contributed by atoms with Gasteiger partial charge in [0, 0.05) is 17.1 Å². The topological polar surface area (TPSA) is 117 Å². The second-order valence-electron chi connectivity index (χ2n) is 11.6. The van der Waals surface area contributed by atoms with Crippen LogP contribution >= 0.6 is 0 Å². The standard InChI is InChI=1S/C30H23NO4.2C5H11N/c32-29(33)20-10-22-6-14-26(15-7-22)31(27-16-8-23(9-17-27)11-21-30(34)35)28-18-12-25(13-19-28)24-4-2-1-3-5-24;2*1-2-4-6-5-3-1/h1-21H,(H,32,33)(H,34,35);2*6H,1-5H2/b20-10+,21-11+;;. The molecule has 6 rings (SSSR count). The molecule has 47 heavy (non-hydrogen) atoms. The zero-order chi connectivity index (χ0) is 33.1. The minimum atomic E-state index is -1.25. The van der Waals surface area contributed by atoms with Gasteiger partial charge in [0.2, 0.25) is 0 Å². The molecule has 0 aromatic heterocycles. The number of carbonyl (C=O) groups excluding carboxylic acids is 2. The van der Waals surface area contributed by atoms with Gasteiger partial charge in [-0.15, -0.1) is 0 Å². The molecule has 2 heterocycles. The monoisotopic (exact) mass is 631 g/mol. The molecule has 0 radical (unpaired) electrons. The SMILES string of the molecule is C1CC[NH2+]CC1.C1CC[NH2+]CC1.O=C([O-])/C=C/c1ccc(N(c2ccc(/C=C/C(=O)[O-])cc2)c2ccc(-c3ccccc3)cc2)cc1. The highest BCUT2D eigenvalue weighted by atomic mass is 16.4. The van der Waals surface area contributed by atoms with Crippen LogP contribution in [0.15, 0.2) is 115 Å². The molecule has 244 valence electrons. The van der Waals surface area contributed by atoms with Crippen molar-refractivity contribution in [1.29, 1.82) is 0 Å². The number of rotatable bonds is 8. The maximum absolute atomic E-state index is 10.7. The number of carbonyl (C=O) groups is 2. The van der Waals surface area contributed by atoms with Crippen LogP contribution in [0, 0.1) is 0 Å². The van der Waals surface area contributed by atoms with E-state index in [1.54, 1.807) is 0 Å². The molecular formula is C40H45N3O4. The molecule has 4 aromatic rings. The van der Waals surface area contributed by atoms with Crippen LogP contribution in [0.4, 0.5) is 17.1 Å². The lowest BCUT2D eigenvalue weighted by Gasteiger charge is -2.26. The van der Waals surface area contributed by atoms with Crippen molar-refractivity contribution >= 4 is 41.2 Å². The minimum absolute atomic E-state index is 0.736. The largest absolute Gasteiger partial charge is 0.545 e. The van der Waals surface area contributed by atoms with Gasteiger partial charge in [0.05, 0.1) is 38.1 Å². The third-order valence-electron chi connectivity index (χ3n) is 7.99. The van der Waals surface area contributed by atoms with E-state index < -0.39 is 11.9 Å². The molecule has 0 unspecified atom stereocenters. The highest BCUT2D eigenvalue weighted by Crippen LogP contribution is 2.36. The smallest absolute Gasteiger partial charge is 0.0755 e. The Hall–Kier alpha value is -4.98. The van der Waals surface area contributed by atoms with Crippen molar-refractivity contribution in [1.82, 2.24) is 0 Å². The zero-order valence-electron chi connectivity index (χ0n) is 26.9. The summed E-state index contributed by atoms with van der Waals surface area (Å²) in [5.74, 6) is -2.50. The Kier molecular flexibility index (Phi) is 14.5. The summed E-state index contributed by atoms with van der Waals surface area (Å²) in [5, 5.41) is 26.2. The van der Waals surface area contributed by atoms with Crippen molar-refractivity contribution in [2.75, 3.05) is 31.1 Å². The number of carboxylic acids is 2. The summed E-state index contributed by atoms with van der Waals surface area (Å²) in [7, 11) is 0. The summed E-state index contributed by atoms with van der Waals surface area (Å²) in [4.78, 5) is 23.5. The number of benzene rings is 4. The van der Waals surface area contributed by atoms with Crippen LogP contribution in [0.25, 0.3) is 23.3 Å². The average molecular weight is 632 g/mol. The molecule has 0 amide bonds. The van der Waals surface area contributed by atoms with E-state index in [1.165, 1.54) is 76.9 Å². The first-order valence-electron chi connectivity index (χ1n) is 16.6. The maximum Gasteiger partial charge on any atom is 0.0755 e. The van der Waals surface area contributed by atoms with Crippen molar-refractivity contribution in [2.24, 2.45) is 0 Å². The highest BCUT2D eigenvalue weighted by molar-refractivity contribution is 5.85. The Morgan fingerprint density at radius 2 is 0.851 bits per heavy atom. The normalized spacial score (nSPS) is 14.4.